The predicted molar refractivity (Wildman–Crippen MR) is 164 cm³/mol. The summed E-state index contributed by atoms with van der Waals surface area (Å²) in [5, 5.41) is 79.3. The van der Waals surface area contributed by atoms with Gasteiger partial charge in [0.2, 0.25) is 0 Å². The lowest BCUT2D eigenvalue weighted by molar-refractivity contribution is -0.300. The number of Topliss-reactive ketones (excluding diaryl/α,β-unsaturated/α-hetero) is 2. The number of fused-ring (bicyclic) bond motifs is 3. The van der Waals surface area contributed by atoms with E-state index >= 15 is 0 Å². The summed E-state index contributed by atoms with van der Waals surface area (Å²) in [7, 11) is 1.39. The second-order valence-corrected chi connectivity index (χ2v) is 13.7. The van der Waals surface area contributed by atoms with Crippen LogP contribution in [0.4, 0.5) is 0 Å². The topological polar surface area (TPSA) is 239 Å². The number of aliphatic hydroxyl groups is 6. The molecule has 1 aromatic rings. The molecule has 1 aromatic carbocycles. The fourth-order valence-corrected chi connectivity index (χ4v) is 8.02. The zero-order valence-corrected chi connectivity index (χ0v) is 27.6. The highest BCUT2D eigenvalue weighted by Crippen LogP contribution is 2.55. The van der Waals surface area contributed by atoms with Gasteiger partial charge in [-0.15, -0.1) is 0 Å². The van der Waals surface area contributed by atoms with E-state index in [0.717, 1.165) is 6.92 Å². The number of hydrogen-bond donors (Lipinski definition) is 7. The third-order valence-corrected chi connectivity index (χ3v) is 10.5. The van der Waals surface area contributed by atoms with Crippen LogP contribution in [-0.2, 0) is 28.5 Å². The lowest BCUT2D eigenvalue weighted by Gasteiger charge is -2.58. The second kappa shape index (κ2) is 12.6. The molecule has 0 saturated carbocycles. The predicted octanol–water partition coefficient (Wildman–Crippen LogP) is -0.346. The molecule has 15 heteroatoms. The summed E-state index contributed by atoms with van der Waals surface area (Å²) in [6, 6.07) is 2.54. The van der Waals surface area contributed by atoms with Gasteiger partial charge in [0.15, 0.2) is 29.6 Å². The van der Waals surface area contributed by atoms with Crippen molar-refractivity contribution in [1.29, 1.82) is 0 Å². The average Bonchev–Trinajstić information content (AvgIpc) is 3.02. The first-order valence-electron chi connectivity index (χ1n) is 16.2. The highest BCUT2D eigenvalue weighted by molar-refractivity contribution is 6.29. The van der Waals surface area contributed by atoms with E-state index in [-0.39, 0.29) is 24.0 Å². The van der Waals surface area contributed by atoms with Crippen LogP contribution in [0.5, 0.6) is 5.75 Å². The van der Waals surface area contributed by atoms with Crippen molar-refractivity contribution in [2.75, 3.05) is 7.11 Å². The molecule has 2 saturated heterocycles. The number of rotatable bonds is 5. The van der Waals surface area contributed by atoms with Gasteiger partial charge in [0.05, 0.1) is 36.1 Å². The minimum Gasteiger partial charge on any atom is -0.507 e. The van der Waals surface area contributed by atoms with Crippen LogP contribution >= 0.6 is 0 Å². The van der Waals surface area contributed by atoms with Gasteiger partial charge in [-0.05, 0) is 26.8 Å². The Morgan fingerprint density at radius 1 is 0.980 bits per heavy atom. The molecular formula is C34H42O15. The lowest BCUT2D eigenvalue weighted by Crippen LogP contribution is -2.76. The first-order chi connectivity index (χ1) is 23.0. The van der Waals surface area contributed by atoms with Gasteiger partial charge in [-0.3, -0.25) is 14.4 Å². The molecule has 2 heterocycles. The number of ketones is 2. The lowest BCUT2D eigenvalue weighted by atomic mass is 9.55. The molecule has 268 valence electrons. The third kappa shape index (κ3) is 5.39. The molecule has 0 spiro atoms. The van der Waals surface area contributed by atoms with E-state index in [1.165, 1.54) is 32.2 Å². The monoisotopic (exact) mass is 690 g/mol. The number of aliphatic hydroxyl groups excluding tert-OH is 4. The Morgan fingerprint density at radius 2 is 1.65 bits per heavy atom. The third-order valence-electron chi connectivity index (χ3n) is 10.5. The number of carbonyl (C=O) groups excluding carboxylic acids is 3. The van der Waals surface area contributed by atoms with Crippen molar-refractivity contribution < 1.29 is 73.8 Å². The molecule has 15 nitrogen and oxygen atoms in total. The van der Waals surface area contributed by atoms with Crippen molar-refractivity contribution in [2.45, 2.75) is 125 Å². The summed E-state index contributed by atoms with van der Waals surface area (Å²) in [4.78, 5) is 41.3. The normalized spacial score (nSPS) is 42.2. The van der Waals surface area contributed by atoms with Gasteiger partial charge in [0, 0.05) is 55.6 Å². The Morgan fingerprint density at radius 3 is 2.29 bits per heavy atom. The highest BCUT2D eigenvalue weighted by atomic mass is 16.7. The maximum atomic E-state index is 14.5. The van der Waals surface area contributed by atoms with E-state index < -0.39 is 125 Å². The second-order valence-electron chi connectivity index (χ2n) is 13.7. The summed E-state index contributed by atoms with van der Waals surface area (Å²) < 4.78 is 28.6. The number of phenolic OH excluding ortho intramolecular Hbond substituents is 1. The first-order valence-corrected chi connectivity index (χ1v) is 16.2. The minimum absolute atomic E-state index is 0.0229. The number of esters is 1. The summed E-state index contributed by atoms with van der Waals surface area (Å²) in [5.41, 5.74) is -7.35. The van der Waals surface area contributed by atoms with Crippen LogP contribution in [0, 0.1) is 0 Å². The van der Waals surface area contributed by atoms with Crippen LogP contribution in [0.25, 0.3) is 0 Å². The fraction of sp³-hybridized carbons (Fsp3) is 0.618. The smallest absolute Gasteiger partial charge is 0.303 e. The van der Waals surface area contributed by atoms with Crippen molar-refractivity contribution in [3.05, 3.63) is 51.6 Å². The van der Waals surface area contributed by atoms with Crippen molar-refractivity contribution >= 4 is 17.5 Å². The molecule has 3 aliphatic carbocycles. The SMILES string of the molecule is COC1CC(O[C@@H]2C=C(C)C[C@]3(O)[C@@H](OC(C)=O)[C@H](O)C4=C(C(=O)c5ccc(C6CC(O)C(O)C(C)O6)c(O)c5C4=O)[C@]23O)OC(C)C1O. The number of ether oxygens (including phenoxy) is 5. The van der Waals surface area contributed by atoms with Crippen molar-refractivity contribution in [2.24, 2.45) is 0 Å². The number of hydrogen-bond acceptors (Lipinski definition) is 15. The molecule has 0 aromatic heterocycles. The molecule has 0 radical (unpaired) electrons. The quantitative estimate of drug-likeness (QED) is 0.154. The fourth-order valence-electron chi connectivity index (χ4n) is 8.02. The van der Waals surface area contributed by atoms with Crippen LogP contribution in [0.3, 0.4) is 0 Å². The summed E-state index contributed by atoms with van der Waals surface area (Å²) >= 11 is 0. The first kappa shape index (κ1) is 35.7. The summed E-state index contributed by atoms with van der Waals surface area (Å²) in [6.07, 6.45) is -12.9. The molecule has 0 bridgehead atoms. The maximum Gasteiger partial charge on any atom is 0.303 e. The molecule has 8 unspecified atom stereocenters. The Labute approximate surface area is 281 Å². The van der Waals surface area contributed by atoms with Crippen LogP contribution in [0.2, 0.25) is 0 Å². The Hall–Kier alpha value is -3.09. The number of carbonyl (C=O) groups is 3. The van der Waals surface area contributed by atoms with E-state index in [9.17, 15) is 50.1 Å². The molecule has 7 N–H and O–H groups in total. The standard InChI is InChI=1S/C34H42O15/c1-12-8-21(49-22-10-20(45-5)27(38)14(3)47-22)34(44)25-24(31(42)32(48-15(4)35)33(34,43)11-12)30(41)23-17(29(25)40)7-6-16(28(23)39)19-9-18(36)26(37)13(2)46-19/h6-8,13-14,18-22,26-27,31-32,36-39,42-44H,9-11H2,1-5H3/t13?,14?,18?,19?,20?,21-,22?,26?,27?,31-,32+,33+,34-/m1/s1. The van der Waals surface area contributed by atoms with E-state index in [0.29, 0.717) is 5.57 Å². The zero-order valence-electron chi connectivity index (χ0n) is 27.6. The molecule has 13 atom stereocenters. The van der Waals surface area contributed by atoms with E-state index in [1.807, 2.05) is 0 Å². The summed E-state index contributed by atoms with van der Waals surface area (Å²) in [6.45, 7) is 5.69. The zero-order chi connectivity index (χ0) is 35.9. The molecule has 2 aliphatic heterocycles. The Bertz CT molecular complexity index is 1610. The van der Waals surface area contributed by atoms with Gasteiger partial charge in [0.25, 0.3) is 0 Å². The van der Waals surface area contributed by atoms with Crippen LogP contribution < -0.4 is 0 Å². The maximum absolute atomic E-state index is 14.5. The molecule has 6 rings (SSSR count). The highest BCUT2D eigenvalue weighted by Gasteiger charge is 2.71. The van der Waals surface area contributed by atoms with Crippen molar-refractivity contribution in [3.8, 4) is 5.75 Å². The average molecular weight is 691 g/mol. The van der Waals surface area contributed by atoms with Gasteiger partial charge >= 0.3 is 5.97 Å². The molecule has 0 amide bonds. The van der Waals surface area contributed by atoms with E-state index in [4.69, 9.17) is 23.7 Å². The minimum atomic E-state index is -2.84. The number of methoxy groups -OCH3 is 1. The van der Waals surface area contributed by atoms with Crippen molar-refractivity contribution in [3.63, 3.8) is 0 Å². The van der Waals surface area contributed by atoms with Gasteiger partial charge in [-0.2, -0.15) is 0 Å². The molecular weight excluding hydrogens is 648 g/mol. The van der Waals surface area contributed by atoms with Gasteiger partial charge < -0.3 is 59.4 Å². The van der Waals surface area contributed by atoms with Crippen LogP contribution in [-0.4, -0.2) is 133 Å². The van der Waals surface area contributed by atoms with Crippen LogP contribution in [0.15, 0.2) is 34.9 Å². The molecule has 5 aliphatic rings. The van der Waals surface area contributed by atoms with Gasteiger partial charge in [-0.25, -0.2) is 0 Å². The number of aromatic hydroxyl groups is 1. The number of phenols is 1. The summed E-state index contributed by atoms with van der Waals surface area (Å²) in [5.74, 6) is -3.78. The van der Waals surface area contributed by atoms with Gasteiger partial charge in [-0.1, -0.05) is 17.7 Å². The van der Waals surface area contributed by atoms with E-state index in [2.05, 4.69) is 0 Å². The number of benzene rings is 1. The Balaban J connectivity index is 1.50. The molecule has 2 fully saturated rings. The van der Waals surface area contributed by atoms with Gasteiger partial charge in [0.1, 0.15) is 35.8 Å². The molecule has 49 heavy (non-hydrogen) atoms. The van der Waals surface area contributed by atoms with Crippen LogP contribution in [0.1, 0.15) is 79.3 Å². The van der Waals surface area contributed by atoms with Crippen molar-refractivity contribution in [1.82, 2.24) is 0 Å². The Kier molecular flexibility index (Phi) is 9.18. The largest absolute Gasteiger partial charge is 0.507 e. The van der Waals surface area contributed by atoms with E-state index in [1.54, 1.807) is 13.8 Å².